The molecule has 0 unspecified atom stereocenters. The molecule has 0 fully saturated rings. The molecule has 9 rings (SSSR count). The third-order valence-corrected chi connectivity index (χ3v) is 9.19. The van der Waals surface area contributed by atoms with Crippen molar-refractivity contribution >= 4 is 27.6 Å². The van der Waals surface area contributed by atoms with Crippen LogP contribution in [-0.4, -0.2) is 15.0 Å². The Labute approximate surface area is 295 Å². The molecule has 238 valence electrons. The van der Waals surface area contributed by atoms with E-state index < -0.39 is 0 Å². The molecule has 0 spiro atoms. The van der Waals surface area contributed by atoms with Crippen LogP contribution < -0.4 is 0 Å². The van der Waals surface area contributed by atoms with Gasteiger partial charge < -0.3 is 4.42 Å². The predicted octanol–water partition coefficient (Wildman–Crippen LogP) is 12.3. The maximum atomic E-state index is 7.86. The number of fused-ring (bicyclic) bond motifs is 3. The number of benzene rings is 7. The normalized spacial score (nSPS) is 11.1. The topological polar surface area (TPSA) is 56.2 Å². The average molecular weight is 653 g/mol. The van der Waals surface area contributed by atoms with Gasteiger partial charge in [0.15, 0.2) is 23.2 Å². The molecular weight excluding hydrogens is 625 g/mol. The molecular formula is C46H28N4O. The second-order valence-electron chi connectivity index (χ2n) is 12.3. The molecule has 0 N–H and O–H groups in total. The second-order valence-corrected chi connectivity index (χ2v) is 12.3. The van der Waals surface area contributed by atoms with E-state index in [2.05, 4.69) is 89.8 Å². The van der Waals surface area contributed by atoms with Gasteiger partial charge in [0.2, 0.25) is 0 Å². The highest BCUT2D eigenvalue weighted by atomic mass is 16.3. The van der Waals surface area contributed by atoms with Gasteiger partial charge in [-0.2, -0.15) is 0 Å². The maximum Gasteiger partial charge on any atom is 0.194 e. The monoisotopic (exact) mass is 652 g/mol. The van der Waals surface area contributed by atoms with E-state index >= 15 is 0 Å². The molecule has 0 radical (unpaired) electrons. The molecule has 0 aliphatic carbocycles. The third-order valence-electron chi connectivity index (χ3n) is 9.19. The van der Waals surface area contributed by atoms with Crippen LogP contribution in [0.4, 0.5) is 5.69 Å². The smallest absolute Gasteiger partial charge is 0.194 e. The molecule has 0 aliphatic heterocycles. The lowest BCUT2D eigenvalue weighted by Gasteiger charge is -2.12. The minimum Gasteiger partial charge on any atom is -0.456 e. The van der Waals surface area contributed by atoms with Crippen molar-refractivity contribution in [2.45, 2.75) is 0 Å². The summed E-state index contributed by atoms with van der Waals surface area (Å²) >= 11 is 0. The number of hydrogen-bond acceptors (Lipinski definition) is 4. The Bertz CT molecular complexity index is 2630. The van der Waals surface area contributed by atoms with Crippen LogP contribution in [-0.2, 0) is 0 Å². The molecule has 5 nitrogen and oxygen atoms in total. The summed E-state index contributed by atoms with van der Waals surface area (Å²) in [4.78, 5) is 19.2. The van der Waals surface area contributed by atoms with Gasteiger partial charge in [-0.05, 0) is 51.6 Å². The number of furan rings is 1. The minimum absolute atomic E-state index is 0.521. The van der Waals surface area contributed by atoms with Gasteiger partial charge in [-0.15, -0.1) is 0 Å². The van der Waals surface area contributed by atoms with Crippen LogP contribution in [0.25, 0.3) is 94.3 Å². The van der Waals surface area contributed by atoms with Gasteiger partial charge in [0.25, 0.3) is 0 Å². The number of nitrogens with zero attached hydrogens (tertiary/aromatic N) is 4. The summed E-state index contributed by atoms with van der Waals surface area (Å²) in [6.45, 7) is 7.86. The third kappa shape index (κ3) is 5.61. The van der Waals surface area contributed by atoms with Gasteiger partial charge in [-0.25, -0.2) is 19.8 Å². The van der Waals surface area contributed by atoms with Crippen LogP contribution in [0.5, 0.6) is 0 Å². The lowest BCUT2D eigenvalue weighted by atomic mass is 9.97. The molecule has 0 saturated heterocycles. The highest BCUT2D eigenvalue weighted by molar-refractivity contribution is 6.13. The molecule has 0 bridgehead atoms. The summed E-state index contributed by atoms with van der Waals surface area (Å²) in [6.07, 6.45) is 0. The van der Waals surface area contributed by atoms with Gasteiger partial charge in [0.05, 0.1) is 6.57 Å². The Morgan fingerprint density at radius 1 is 0.392 bits per heavy atom. The van der Waals surface area contributed by atoms with Gasteiger partial charge in [0.1, 0.15) is 11.2 Å². The summed E-state index contributed by atoms with van der Waals surface area (Å²) in [6, 6.07) is 57.0. The Kier molecular flexibility index (Phi) is 7.46. The number of rotatable bonds is 6. The minimum atomic E-state index is 0.521. The lowest BCUT2D eigenvalue weighted by Crippen LogP contribution is -2.01. The van der Waals surface area contributed by atoms with Gasteiger partial charge in [0, 0.05) is 27.5 Å². The molecule has 7 aromatic carbocycles. The van der Waals surface area contributed by atoms with Crippen LogP contribution in [0.2, 0.25) is 0 Å². The number of aromatic nitrogens is 3. The predicted molar refractivity (Wildman–Crippen MR) is 206 cm³/mol. The van der Waals surface area contributed by atoms with Crippen LogP contribution in [0.15, 0.2) is 174 Å². The van der Waals surface area contributed by atoms with Crippen molar-refractivity contribution in [3.8, 4) is 67.5 Å². The summed E-state index contributed by atoms with van der Waals surface area (Å²) < 4.78 is 6.44. The summed E-state index contributed by atoms with van der Waals surface area (Å²) in [5, 5.41) is 1.88. The van der Waals surface area contributed by atoms with E-state index in [9.17, 15) is 0 Å². The Balaban J connectivity index is 1.27. The molecule has 51 heavy (non-hydrogen) atoms. The lowest BCUT2D eigenvalue weighted by molar-refractivity contribution is 0.669. The van der Waals surface area contributed by atoms with Crippen molar-refractivity contribution in [1.29, 1.82) is 0 Å². The van der Waals surface area contributed by atoms with E-state index in [0.29, 0.717) is 28.7 Å². The summed E-state index contributed by atoms with van der Waals surface area (Å²) in [7, 11) is 0. The Hall–Kier alpha value is -7.16. The van der Waals surface area contributed by atoms with Crippen LogP contribution in [0.1, 0.15) is 0 Å². The zero-order chi connectivity index (χ0) is 34.1. The molecule has 9 aromatic rings. The summed E-state index contributed by atoms with van der Waals surface area (Å²) in [5.41, 5.74) is 10.8. The molecule has 0 atom stereocenters. The van der Waals surface area contributed by atoms with Gasteiger partial charge in [-0.1, -0.05) is 152 Å². The highest BCUT2D eigenvalue weighted by Crippen LogP contribution is 2.41. The zero-order valence-corrected chi connectivity index (χ0v) is 27.4. The fraction of sp³-hybridized carbons (Fsp3) is 0. The quantitative estimate of drug-likeness (QED) is 0.168. The van der Waals surface area contributed by atoms with Crippen molar-refractivity contribution in [2.75, 3.05) is 0 Å². The molecule has 0 amide bonds. The molecule has 0 aliphatic rings. The molecule has 5 heteroatoms. The van der Waals surface area contributed by atoms with E-state index in [1.165, 1.54) is 0 Å². The Morgan fingerprint density at radius 3 is 1.49 bits per heavy atom. The first-order valence-electron chi connectivity index (χ1n) is 16.7. The van der Waals surface area contributed by atoms with Gasteiger partial charge in [-0.3, -0.25) is 0 Å². The van der Waals surface area contributed by atoms with E-state index in [0.717, 1.165) is 66.4 Å². The molecule has 0 saturated carbocycles. The van der Waals surface area contributed by atoms with Crippen LogP contribution >= 0.6 is 0 Å². The fourth-order valence-corrected chi connectivity index (χ4v) is 6.64. The highest BCUT2D eigenvalue weighted by Gasteiger charge is 2.20. The first kappa shape index (κ1) is 29.9. The van der Waals surface area contributed by atoms with Crippen molar-refractivity contribution in [3.63, 3.8) is 0 Å². The fourth-order valence-electron chi connectivity index (χ4n) is 6.64. The molecule has 2 heterocycles. The van der Waals surface area contributed by atoms with E-state index in [1.807, 2.05) is 84.9 Å². The Morgan fingerprint density at radius 2 is 0.882 bits per heavy atom. The average Bonchev–Trinajstić information content (AvgIpc) is 3.60. The second kappa shape index (κ2) is 12.7. The van der Waals surface area contributed by atoms with Crippen molar-refractivity contribution < 1.29 is 4.42 Å². The molecule has 2 aromatic heterocycles. The first-order chi connectivity index (χ1) is 25.2. The number of para-hydroxylation sites is 2. The van der Waals surface area contributed by atoms with E-state index in [-0.39, 0.29) is 0 Å². The maximum absolute atomic E-state index is 7.86. The van der Waals surface area contributed by atoms with Crippen LogP contribution in [0.3, 0.4) is 0 Å². The number of hydrogen-bond donors (Lipinski definition) is 0. The van der Waals surface area contributed by atoms with Crippen molar-refractivity contribution in [1.82, 2.24) is 15.0 Å². The zero-order valence-electron chi connectivity index (χ0n) is 27.4. The summed E-state index contributed by atoms with van der Waals surface area (Å²) in [5.74, 6) is 1.65. The SMILES string of the molecule is [C-]#[N+]c1ccccc1-c1cc(-c2nc(-c3ccc(-c4ccccc4)cc3)nc(-c3ccc(-c4ccccc4)cc3)n2)c2c(c1)oc1ccccc12. The standard InChI is InChI=1S/C46H28N4O/c1-47-40-18-10-8-16-37(40)36-28-39(43-38-17-9-11-19-41(38)51-42(43)29-36)46-49-44(34-24-20-32(21-25-34)30-12-4-2-5-13-30)48-45(50-46)35-26-22-33(23-27-35)31-14-6-3-7-15-31/h2-29H. The first-order valence-corrected chi connectivity index (χ1v) is 16.7. The van der Waals surface area contributed by atoms with Crippen LogP contribution in [0, 0.1) is 6.57 Å². The van der Waals surface area contributed by atoms with Gasteiger partial charge >= 0.3 is 0 Å². The largest absolute Gasteiger partial charge is 0.456 e. The van der Waals surface area contributed by atoms with E-state index in [4.69, 9.17) is 25.9 Å². The van der Waals surface area contributed by atoms with Crippen molar-refractivity contribution in [3.05, 3.63) is 181 Å². The van der Waals surface area contributed by atoms with Crippen molar-refractivity contribution in [2.24, 2.45) is 0 Å². The van der Waals surface area contributed by atoms with E-state index in [1.54, 1.807) is 0 Å².